The largest absolute Gasteiger partial charge is 0.504 e. The van der Waals surface area contributed by atoms with Crippen LogP contribution in [0.5, 0.6) is 11.5 Å². The molecule has 2 N–H and O–H groups in total. The number of sulfone groups is 1. The summed E-state index contributed by atoms with van der Waals surface area (Å²) >= 11 is 0. The highest BCUT2D eigenvalue weighted by molar-refractivity contribution is 7.92. The third-order valence-corrected chi connectivity index (χ3v) is 5.01. The minimum absolute atomic E-state index is 0.0825. The molecule has 6 nitrogen and oxygen atoms in total. The zero-order valence-corrected chi connectivity index (χ0v) is 13.4. The van der Waals surface area contributed by atoms with Crippen molar-refractivity contribution in [2.45, 2.75) is 10.4 Å². The summed E-state index contributed by atoms with van der Waals surface area (Å²) in [5.41, 5.74) is -4.45. The van der Waals surface area contributed by atoms with Gasteiger partial charge in [0.15, 0.2) is 11.5 Å². The van der Waals surface area contributed by atoms with Crippen LogP contribution >= 0.6 is 0 Å². The molecule has 1 aromatic heterocycles. The molecule has 0 saturated carbocycles. The molecule has 0 radical (unpaired) electrons. The Bertz CT molecular complexity index is 1060. The van der Waals surface area contributed by atoms with E-state index in [9.17, 15) is 26.7 Å². The molecule has 0 spiro atoms. The molecule has 0 amide bonds. The van der Waals surface area contributed by atoms with Gasteiger partial charge in [0.1, 0.15) is 5.82 Å². The fourth-order valence-corrected chi connectivity index (χ4v) is 3.04. The number of halogens is 3. The van der Waals surface area contributed by atoms with Crippen LogP contribution < -0.4 is 4.74 Å². The number of aromatic amines is 1. The van der Waals surface area contributed by atoms with E-state index in [1.54, 1.807) is 0 Å². The molecule has 3 rings (SSSR count). The molecule has 0 bridgehead atoms. The van der Waals surface area contributed by atoms with Crippen molar-refractivity contribution in [1.82, 2.24) is 9.97 Å². The number of nitrogens with zero attached hydrogens (tertiary/aromatic N) is 1. The van der Waals surface area contributed by atoms with E-state index in [-0.39, 0.29) is 22.8 Å². The number of imidazole rings is 1. The predicted octanol–water partition coefficient (Wildman–Crippen LogP) is 3.24. The molecule has 132 valence electrons. The number of benzene rings is 2. The van der Waals surface area contributed by atoms with Gasteiger partial charge in [0.25, 0.3) is 9.84 Å². The van der Waals surface area contributed by atoms with Crippen molar-refractivity contribution in [3.05, 3.63) is 36.4 Å². The molecule has 0 aliphatic heterocycles. The number of phenolic OH excluding ortho intramolecular Hbond substituents is 1. The van der Waals surface area contributed by atoms with Crippen LogP contribution in [0.3, 0.4) is 0 Å². The monoisotopic (exact) mass is 372 g/mol. The Labute approximate surface area is 139 Å². The molecule has 0 saturated heterocycles. The van der Waals surface area contributed by atoms with Crippen LogP contribution in [-0.2, 0) is 9.84 Å². The number of H-pyrrole nitrogens is 1. The molecular formula is C15H11F3N2O4S. The number of fused-ring (bicyclic) bond motifs is 1. The van der Waals surface area contributed by atoms with E-state index in [1.165, 1.54) is 31.4 Å². The van der Waals surface area contributed by atoms with Crippen LogP contribution in [0.1, 0.15) is 0 Å². The highest BCUT2D eigenvalue weighted by Gasteiger charge is 2.46. The number of rotatable bonds is 3. The van der Waals surface area contributed by atoms with Gasteiger partial charge in [0.05, 0.1) is 23.0 Å². The lowest BCUT2D eigenvalue weighted by Crippen LogP contribution is -2.23. The van der Waals surface area contributed by atoms with Gasteiger partial charge in [0, 0.05) is 5.56 Å². The van der Waals surface area contributed by atoms with Crippen LogP contribution in [0.15, 0.2) is 41.3 Å². The summed E-state index contributed by atoms with van der Waals surface area (Å²) in [4.78, 5) is 6.10. The summed E-state index contributed by atoms with van der Waals surface area (Å²) in [7, 11) is -4.07. The minimum Gasteiger partial charge on any atom is -0.504 e. The van der Waals surface area contributed by atoms with Crippen LogP contribution in [0.4, 0.5) is 13.2 Å². The zero-order chi connectivity index (χ0) is 18.4. The van der Waals surface area contributed by atoms with Crippen molar-refractivity contribution in [2.24, 2.45) is 0 Å². The van der Waals surface area contributed by atoms with Gasteiger partial charge in [-0.3, -0.25) is 0 Å². The van der Waals surface area contributed by atoms with Gasteiger partial charge >= 0.3 is 5.51 Å². The molecule has 25 heavy (non-hydrogen) atoms. The lowest BCUT2D eigenvalue weighted by atomic mass is 10.2. The first-order valence-corrected chi connectivity index (χ1v) is 8.30. The van der Waals surface area contributed by atoms with Gasteiger partial charge in [-0.05, 0) is 36.4 Å². The van der Waals surface area contributed by atoms with E-state index in [0.717, 1.165) is 12.1 Å². The van der Waals surface area contributed by atoms with Crippen LogP contribution in [0.25, 0.3) is 22.4 Å². The molecule has 0 aliphatic carbocycles. The third-order valence-electron chi connectivity index (χ3n) is 3.52. The topological polar surface area (TPSA) is 92.3 Å². The number of aromatic hydroxyl groups is 1. The molecule has 0 fully saturated rings. The van der Waals surface area contributed by atoms with Gasteiger partial charge in [-0.2, -0.15) is 13.2 Å². The van der Waals surface area contributed by atoms with Crippen molar-refractivity contribution < 1.29 is 31.4 Å². The first-order valence-electron chi connectivity index (χ1n) is 6.82. The van der Waals surface area contributed by atoms with Crippen LogP contribution in [0.2, 0.25) is 0 Å². The highest BCUT2D eigenvalue weighted by Crippen LogP contribution is 2.33. The van der Waals surface area contributed by atoms with E-state index in [1.807, 2.05) is 0 Å². The molecule has 0 atom stereocenters. The summed E-state index contributed by atoms with van der Waals surface area (Å²) in [6.45, 7) is 0. The quantitative estimate of drug-likeness (QED) is 0.736. The van der Waals surface area contributed by atoms with Gasteiger partial charge in [0.2, 0.25) is 0 Å². The molecule has 10 heteroatoms. The van der Waals surface area contributed by atoms with E-state index in [4.69, 9.17) is 4.74 Å². The Morgan fingerprint density at radius 2 is 1.88 bits per heavy atom. The standard InChI is InChI=1S/C15H11F3N2O4S/c1-24-13-6-8(2-5-12(13)21)14-19-10-4-3-9(7-11(10)20-14)25(22,23)15(16,17)18/h2-7,21H,1H3,(H,19,20). The zero-order valence-electron chi connectivity index (χ0n) is 12.6. The second-order valence-electron chi connectivity index (χ2n) is 5.10. The third kappa shape index (κ3) is 2.88. The average Bonchev–Trinajstić information content (AvgIpc) is 2.97. The van der Waals surface area contributed by atoms with Crippen molar-refractivity contribution in [1.29, 1.82) is 0 Å². The number of aromatic nitrogens is 2. The number of alkyl halides is 3. The SMILES string of the molecule is COc1cc(-c2nc3ccc(S(=O)(=O)C(F)(F)F)cc3[nH]2)ccc1O. The normalized spacial score (nSPS) is 12.5. The number of hydrogen-bond donors (Lipinski definition) is 2. The summed E-state index contributed by atoms with van der Waals surface area (Å²) in [6.07, 6.45) is 0. The minimum atomic E-state index is -5.44. The van der Waals surface area contributed by atoms with Crippen LogP contribution in [0, 0.1) is 0 Å². The number of phenols is 1. The Hall–Kier alpha value is -2.75. The first kappa shape index (κ1) is 17.1. The summed E-state index contributed by atoms with van der Waals surface area (Å²) in [6, 6.07) is 7.31. The smallest absolute Gasteiger partial charge is 0.501 e. The Kier molecular flexibility index (Phi) is 3.87. The highest BCUT2D eigenvalue weighted by atomic mass is 32.2. The fourth-order valence-electron chi connectivity index (χ4n) is 2.25. The van der Waals surface area contributed by atoms with E-state index in [2.05, 4.69) is 9.97 Å². The number of nitrogens with one attached hydrogen (secondary N) is 1. The van der Waals surface area contributed by atoms with Gasteiger partial charge in [-0.1, -0.05) is 0 Å². The van der Waals surface area contributed by atoms with Crippen molar-refractivity contribution in [3.8, 4) is 22.9 Å². The average molecular weight is 372 g/mol. The van der Waals surface area contributed by atoms with Crippen LogP contribution in [-0.4, -0.2) is 36.1 Å². The first-order chi connectivity index (χ1) is 11.6. The second-order valence-corrected chi connectivity index (χ2v) is 7.04. The van der Waals surface area contributed by atoms with E-state index in [0.29, 0.717) is 11.1 Å². The second kappa shape index (κ2) is 5.66. The van der Waals surface area contributed by atoms with Gasteiger partial charge in [-0.15, -0.1) is 0 Å². The van der Waals surface area contributed by atoms with Gasteiger partial charge < -0.3 is 14.8 Å². The predicted molar refractivity (Wildman–Crippen MR) is 83.0 cm³/mol. The fraction of sp³-hybridized carbons (Fsp3) is 0.133. The van der Waals surface area contributed by atoms with E-state index >= 15 is 0 Å². The number of ether oxygens (including phenoxy) is 1. The summed E-state index contributed by atoms with van der Waals surface area (Å²) < 4.78 is 65.9. The van der Waals surface area contributed by atoms with Crippen molar-refractivity contribution in [2.75, 3.05) is 7.11 Å². The maximum absolute atomic E-state index is 12.7. The molecule has 1 heterocycles. The molecular weight excluding hydrogens is 361 g/mol. The Balaban J connectivity index is 2.10. The van der Waals surface area contributed by atoms with Crippen molar-refractivity contribution >= 4 is 20.9 Å². The maximum Gasteiger partial charge on any atom is 0.501 e. The number of hydrogen-bond acceptors (Lipinski definition) is 5. The lowest BCUT2D eigenvalue weighted by molar-refractivity contribution is -0.0435. The molecule has 2 aromatic carbocycles. The van der Waals surface area contributed by atoms with E-state index < -0.39 is 20.2 Å². The molecule has 0 unspecified atom stereocenters. The molecule has 0 aliphatic rings. The molecule has 3 aromatic rings. The lowest BCUT2D eigenvalue weighted by Gasteiger charge is -2.07. The Morgan fingerprint density at radius 3 is 2.52 bits per heavy atom. The Morgan fingerprint density at radius 1 is 1.16 bits per heavy atom. The number of methoxy groups -OCH3 is 1. The van der Waals surface area contributed by atoms with Crippen molar-refractivity contribution in [3.63, 3.8) is 0 Å². The maximum atomic E-state index is 12.7. The summed E-state index contributed by atoms with van der Waals surface area (Å²) in [5, 5.41) is 9.59. The summed E-state index contributed by atoms with van der Waals surface area (Å²) in [5.74, 6) is 0.397. The van der Waals surface area contributed by atoms with Gasteiger partial charge in [-0.25, -0.2) is 13.4 Å².